The van der Waals surface area contributed by atoms with Crippen molar-refractivity contribution in [2.24, 2.45) is 0 Å². The van der Waals surface area contributed by atoms with Gasteiger partial charge in [0.1, 0.15) is 0 Å². The summed E-state index contributed by atoms with van der Waals surface area (Å²) in [5, 5.41) is 2.53. The smallest absolute Gasteiger partial charge is 0.378 e. The van der Waals surface area contributed by atoms with Gasteiger partial charge < -0.3 is 15.0 Å². The Morgan fingerprint density at radius 3 is 2.62 bits per heavy atom. The van der Waals surface area contributed by atoms with Crippen molar-refractivity contribution in [2.75, 3.05) is 38.2 Å². The molecule has 0 spiro atoms. The summed E-state index contributed by atoms with van der Waals surface area (Å²) in [6, 6.07) is 3.40. The van der Waals surface area contributed by atoms with E-state index in [1.807, 2.05) is 0 Å². The van der Waals surface area contributed by atoms with Gasteiger partial charge in [0, 0.05) is 23.8 Å². The average Bonchev–Trinajstić information content (AvgIpc) is 2.45. The lowest BCUT2D eigenvalue weighted by molar-refractivity contribution is -0.137. The van der Waals surface area contributed by atoms with Crippen LogP contribution in [0.1, 0.15) is 5.56 Å². The topological polar surface area (TPSA) is 41.6 Å². The second-order valence-electron chi connectivity index (χ2n) is 4.53. The van der Waals surface area contributed by atoms with E-state index in [4.69, 9.17) is 16.3 Å². The highest BCUT2D eigenvalue weighted by Gasteiger charge is 2.34. The van der Waals surface area contributed by atoms with Crippen molar-refractivity contribution >= 4 is 23.2 Å². The maximum Gasteiger partial charge on any atom is 0.418 e. The zero-order valence-corrected chi connectivity index (χ0v) is 11.8. The van der Waals surface area contributed by atoms with Gasteiger partial charge in [-0.2, -0.15) is 13.2 Å². The van der Waals surface area contributed by atoms with Crippen LogP contribution in [0.5, 0.6) is 0 Å². The second kappa shape index (κ2) is 6.53. The Balaban J connectivity index is 2.04. The third-order valence-electron chi connectivity index (χ3n) is 3.08. The van der Waals surface area contributed by atoms with Gasteiger partial charge in [-0.15, -0.1) is 0 Å². The molecule has 0 aromatic heterocycles. The van der Waals surface area contributed by atoms with E-state index in [1.54, 1.807) is 4.90 Å². The number of hydrogen-bond donors (Lipinski definition) is 1. The lowest BCUT2D eigenvalue weighted by Gasteiger charge is -2.27. The van der Waals surface area contributed by atoms with Crippen LogP contribution < -0.4 is 5.32 Å². The fourth-order valence-corrected chi connectivity index (χ4v) is 2.17. The molecule has 2 rings (SSSR count). The van der Waals surface area contributed by atoms with Crippen LogP contribution in [0.2, 0.25) is 5.02 Å². The van der Waals surface area contributed by atoms with Gasteiger partial charge in [0.25, 0.3) is 0 Å². The fraction of sp³-hybridized carbons (Fsp3) is 0.462. The maximum absolute atomic E-state index is 12.9. The molecule has 1 heterocycles. The molecule has 0 bridgehead atoms. The summed E-state index contributed by atoms with van der Waals surface area (Å²) in [7, 11) is 0. The predicted molar refractivity (Wildman–Crippen MR) is 72.3 cm³/mol. The van der Waals surface area contributed by atoms with Crippen molar-refractivity contribution in [3.63, 3.8) is 0 Å². The van der Waals surface area contributed by atoms with Gasteiger partial charge in [-0.1, -0.05) is 11.6 Å². The molecule has 0 aliphatic carbocycles. The van der Waals surface area contributed by atoms with Crippen molar-refractivity contribution in [1.82, 2.24) is 4.90 Å². The molecule has 1 fully saturated rings. The van der Waals surface area contributed by atoms with Crippen molar-refractivity contribution in [3.8, 4) is 0 Å². The number of carbonyl (C=O) groups is 1. The molecule has 1 N–H and O–H groups in total. The number of rotatable bonds is 3. The van der Waals surface area contributed by atoms with Gasteiger partial charge in [0.05, 0.1) is 25.3 Å². The fourth-order valence-electron chi connectivity index (χ4n) is 2.00. The van der Waals surface area contributed by atoms with Gasteiger partial charge in [-0.25, -0.2) is 0 Å². The lowest BCUT2D eigenvalue weighted by Crippen LogP contribution is -2.43. The number of benzene rings is 1. The van der Waals surface area contributed by atoms with E-state index in [0.717, 1.165) is 6.07 Å². The highest BCUT2D eigenvalue weighted by molar-refractivity contribution is 6.30. The SMILES string of the molecule is O=C(CNc1ccc(Cl)cc1C(F)(F)F)N1CCOCC1. The predicted octanol–water partition coefficient (Wildman–Crippen LogP) is 2.63. The number of alkyl halides is 3. The molecule has 0 saturated carbocycles. The molecular weight excluding hydrogens is 309 g/mol. The lowest BCUT2D eigenvalue weighted by atomic mass is 10.1. The van der Waals surface area contributed by atoms with Crippen molar-refractivity contribution < 1.29 is 22.7 Å². The van der Waals surface area contributed by atoms with Crippen molar-refractivity contribution in [2.45, 2.75) is 6.18 Å². The molecule has 0 unspecified atom stereocenters. The zero-order chi connectivity index (χ0) is 15.5. The minimum atomic E-state index is -4.53. The molecule has 1 aromatic rings. The third-order valence-corrected chi connectivity index (χ3v) is 3.32. The Bertz CT molecular complexity index is 517. The van der Waals surface area contributed by atoms with Crippen LogP contribution in [0.4, 0.5) is 18.9 Å². The highest BCUT2D eigenvalue weighted by atomic mass is 35.5. The van der Waals surface area contributed by atoms with E-state index < -0.39 is 11.7 Å². The first-order valence-electron chi connectivity index (χ1n) is 6.34. The van der Waals surface area contributed by atoms with E-state index >= 15 is 0 Å². The molecule has 0 atom stereocenters. The van der Waals surface area contributed by atoms with E-state index in [9.17, 15) is 18.0 Å². The minimum absolute atomic E-state index is 0.00705. The number of nitrogens with one attached hydrogen (secondary N) is 1. The molecule has 8 heteroatoms. The maximum atomic E-state index is 12.9. The molecule has 1 aliphatic heterocycles. The standard InChI is InChI=1S/C13H14ClF3N2O2/c14-9-1-2-11(10(7-9)13(15,16)17)18-8-12(20)19-3-5-21-6-4-19/h1-2,7,18H,3-6,8H2. The van der Waals surface area contributed by atoms with Crippen LogP contribution in [0.25, 0.3) is 0 Å². The first kappa shape index (κ1) is 15.9. The van der Waals surface area contributed by atoms with Gasteiger partial charge in [-0.3, -0.25) is 4.79 Å². The minimum Gasteiger partial charge on any atom is -0.378 e. The van der Waals surface area contributed by atoms with Crippen LogP contribution in [0.15, 0.2) is 18.2 Å². The van der Waals surface area contributed by atoms with Crippen molar-refractivity contribution in [1.29, 1.82) is 0 Å². The number of amides is 1. The van der Waals surface area contributed by atoms with Crippen LogP contribution >= 0.6 is 11.6 Å². The van der Waals surface area contributed by atoms with Crippen LogP contribution in [0.3, 0.4) is 0 Å². The van der Waals surface area contributed by atoms with E-state index in [-0.39, 0.29) is 23.2 Å². The first-order chi connectivity index (χ1) is 9.88. The van der Waals surface area contributed by atoms with Gasteiger partial charge in [0.15, 0.2) is 0 Å². The number of hydrogen-bond acceptors (Lipinski definition) is 3. The molecule has 1 aliphatic rings. The normalized spacial score (nSPS) is 15.9. The summed E-state index contributed by atoms with van der Waals surface area (Å²) in [6.07, 6.45) is -4.53. The number of ether oxygens (including phenoxy) is 1. The Morgan fingerprint density at radius 2 is 2.00 bits per heavy atom. The number of halogens is 4. The third kappa shape index (κ3) is 4.25. The van der Waals surface area contributed by atoms with E-state index in [0.29, 0.717) is 26.3 Å². The zero-order valence-electron chi connectivity index (χ0n) is 11.0. The summed E-state index contributed by atoms with van der Waals surface area (Å²) >= 11 is 5.59. The van der Waals surface area contributed by atoms with E-state index in [1.165, 1.54) is 12.1 Å². The molecule has 0 radical (unpaired) electrons. The molecular formula is C13H14ClF3N2O2. The molecule has 4 nitrogen and oxygen atoms in total. The Hall–Kier alpha value is -1.47. The summed E-state index contributed by atoms with van der Waals surface area (Å²) in [5.41, 5.74) is -1.04. The van der Waals surface area contributed by atoms with Crippen LogP contribution in [0, 0.1) is 0 Å². The average molecular weight is 323 g/mol. The molecule has 116 valence electrons. The quantitative estimate of drug-likeness (QED) is 0.930. The van der Waals surface area contributed by atoms with Crippen molar-refractivity contribution in [3.05, 3.63) is 28.8 Å². The monoisotopic (exact) mass is 322 g/mol. The summed E-state index contributed by atoms with van der Waals surface area (Å²) < 4.78 is 43.8. The molecule has 21 heavy (non-hydrogen) atoms. The molecule has 1 aromatic carbocycles. The van der Waals surface area contributed by atoms with Gasteiger partial charge >= 0.3 is 6.18 Å². The summed E-state index contributed by atoms with van der Waals surface area (Å²) in [4.78, 5) is 13.5. The summed E-state index contributed by atoms with van der Waals surface area (Å²) in [5.74, 6) is -0.263. The first-order valence-corrected chi connectivity index (χ1v) is 6.72. The van der Waals surface area contributed by atoms with Gasteiger partial charge in [-0.05, 0) is 18.2 Å². The van der Waals surface area contributed by atoms with Crippen LogP contribution in [-0.4, -0.2) is 43.7 Å². The summed E-state index contributed by atoms with van der Waals surface area (Å²) in [6.45, 7) is 1.59. The Morgan fingerprint density at radius 1 is 1.33 bits per heavy atom. The number of morpholine rings is 1. The number of carbonyl (C=O) groups excluding carboxylic acids is 1. The number of anilines is 1. The van der Waals surface area contributed by atoms with Crippen LogP contribution in [-0.2, 0) is 15.7 Å². The molecule has 1 amide bonds. The molecule has 1 saturated heterocycles. The Kier molecular flexibility index (Phi) is 4.95. The second-order valence-corrected chi connectivity index (χ2v) is 4.97. The van der Waals surface area contributed by atoms with E-state index in [2.05, 4.69) is 5.32 Å². The largest absolute Gasteiger partial charge is 0.418 e. The highest BCUT2D eigenvalue weighted by Crippen LogP contribution is 2.36. The van der Waals surface area contributed by atoms with Gasteiger partial charge in [0.2, 0.25) is 5.91 Å². The Labute approximate surface area is 124 Å². The number of nitrogens with zero attached hydrogens (tertiary/aromatic N) is 1.